The highest BCUT2D eigenvalue weighted by atomic mass is 32.2. The normalized spacial score (nSPS) is 13.9. The van der Waals surface area contributed by atoms with Gasteiger partial charge >= 0.3 is 0 Å². The fraction of sp³-hybridized carbons (Fsp3) is 0.167. The molecule has 0 saturated heterocycles. The summed E-state index contributed by atoms with van der Waals surface area (Å²) in [6.45, 7) is 1.96. The Kier molecular flexibility index (Phi) is 4.19. The predicted octanol–water partition coefficient (Wildman–Crippen LogP) is 4.29. The zero-order valence-electron chi connectivity index (χ0n) is 13.5. The monoisotopic (exact) mass is 369 g/mol. The number of aryl methyl sites for hydroxylation is 1. The van der Waals surface area contributed by atoms with Crippen molar-refractivity contribution in [2.24, 2.45) is 0 Å². The molecular formula is C18H15N3O2S2. The van der Waals surface area contributed by atoms with Gasteiger partial charge in [-0.2, -0.15) is 0 Å². The molecule has 7 heteroatoms. The minimum Gasteiger partial charge on any atom is -0.325 e. The van der Waals surface area contributed by atoms with Crippen LogP contribution in [0.4, 0.5) is 11.4 Å². The van der Waals surface area contributed by atoms with Gasteiger partial charge in [0.2, 0.25) is 5.91 Å². The summed E-state index contributed by atoms with van der Waals surface area (Å²) in [4.78, 5) is 29.7. The van der Waals surface area contributed by atoms with Gasteiger partial charge in [-0.3, -0.25) is 9.59 Å². The average Bonchev–Trinajstić information content (AvgIpc) is 2.84. The molecule has 2 amide bonds. The van der Waals surface area contributed by atoms with E-state index >= 15 is 0 Å². The molecule has 2 heterocycles. The first kappa shape index (κ1) is 16.1. The van der Waals surface area contributed by atoms with Crippen LogP contribution in [0.3, 0.4) is 0 Å². The topological polar surface area (TPSA) is 71.1 Å². The van der Waals surface area contributed by atoms with Crippen molar-refractivity contribution in [2.45, 2.75) is 18.2 Å². The highest BCUT2D eigenvalue weighted by Gasteiger charge is 2.16. The number of thiazole rings is 1. The molecule has 126 valence electrons. The molecule has 0 saturated carbocycles. The number of carbonyl (C=O) groups is 2. The van der Waals surface area contributed by atoms with Crippen LogP contribution >= 0.6 is 23.1 Å². The van der Waals surface area contributed by atoms with Gasteiger partial charge in [0, 0.05) is 28.3 Å². The number of nitrogens with zero attached hydrogens (tertiary/aromatic N) is 1. The molecule has 4 rings (SSSR count). The Bertz CT molecular complexity index is 997. The highest BCUT2D eigenvalue weighted by Crippen LogP contribution is 2.32. The summed E-state index contributed by atoms with van der Waals surface area (Å²) in [5.41, 5.74) is 2.88. The lowest BCUT2D eigenvalue weighted by molar-refractivity contribution is -0.115. The number of hydrogen-bond acceptors (Lipinski definition) is 5. The van der Waals surface area contributed by atoms with Crippen LogP contribution in [0.15, 0.2) is 41.3 Å². The lowest BCUT2D eigenvalue weighted by Gasteiger charge is -2.10. The van der Waals surface area contributed by atoms with Gasteiger partial charge in [0.1, 0.15) is 0 Å². The smallest absolute Gasteiger partial charge is 0.255 e. The quantitative estimate of drug-likeness (QED) is 0.707. The molecule has 2 aromatic carbocycles. The first-order valence-electron chi connectivity index (χ1n) is 7.84. The third-order valence-corrected chi connectivity index (χ3v) is 5.86. The Morgan fingerprint density at radius 1 is 1.24 bits per heavy atom. The van der Waals surface area contributed by atoms with Crippen LogP contribution in [-0.2, 0) is 4.79 Å². The maximum Gasteiger partial charge on any atom is 0.255 e. The molecule has 25 heavy (non-hydrogen) atoms. The molecule has 0 radical (unpaired) electrons. The summed E-state index contributed by atoms with van der Waals surface area (Å²) in [5.74, 6) is 0.528. The molecule has 0 aliphatic carbocycles. The molecule has 3 aromatic rings. The first-order valence-corrected chi connectivity index (χ1v) is 9.64. The van der Waals surface area contributed by atoms with Crippen LogP contribution in [0.1, 0.15) is 21.8 Å². The Balaban J connectivity index is 1.58. The molecule has 0 spiro atoms. The number of benzene rings is 2. The number of thioether (sulfide) groups is 1. The van der Waals surface area contributed by atoms with E-state index in [9.17, 15) is 9.59 Å². The number of fused-ring (bicyclic) bond motifs is 2. The average molecular weight is 369 g/mol. The molecule has 5 nitrogen and oxygen atoms in total. The third-order valence-electron chi connectivity index (χ3n) is 3.86. The number of carbonyl (C=O) groups excluding carboxylic acids is 2. The zero-order valence-corrected chi connectivity index (χ0v) is 15.1. The van der Waals surface area contributed by atoms with Crippen molar-refractivity contribution >= 4 is 56.5 Å². The van der Waals surface area contributed by atoms with E-state index in [-0.39, 0.29) is 11.8 Å². The van der Waals surface area contributed by atoms with Crippen LogP contribution < -0.4 is 10.6 Å². The second kappa shape index (κ2) is 6.50. The van der Waals surface area contributed by atoms with Gasteiger partial charge in [0.25, 0.3) is 5.91 Å². The fourth-order valence-electron chi connectivity index (χ4n) is 2.68. The Labute approximate surface area is 152 Å². The Morgan fingerprint density at radius 3 is 3.00 bits per heavy atom. The number of rotatable bonds is 2. The van der Waals surface area contributed by atoms with E-state index < -0.39 is 0 Å². The molecule has 1 aliphatic heterocycles. The Hall–Kier alpha value is -2.38. The van der Waals surface area contributed by atoms with Crippen molar-refractivity contribution in [3.8, 4) is 0 Å². The van der Waals surface area contributed by atoms with Crippen LogP contribution in [0, 0.1) is 6.92 Å². The summed E-state index contributed by atoms with van der Waals surface area (Å²) in [7, 11) is 0. The van der Waals surface area contributed by atoms with Gasteiger partial charge in [-0.15, -0.1) is 23.1 Å². The second-order valence-corrected chi connectivity index (χ2v) is 8.10. The van der Waals surface area contributed by atoms with E-state index in [2.05, 4.69) is 15.6 Å². The molecule has 0 unspecified atom stereocenters. The molecule has 0 atom stereocenters. The van der Waals surface area contributed by atoms with Crippen molar-refractivity contribution in [1.29, 1.82) is 0 Å². The van der Waals surface area contributed by atoms with E-state index in [1.54, 1.807) is 35.2 Å². The van der Waals surface area contributed by atoms with E-state index in [0.717, 1.165) is 31.6 Å². The number of nitrogens with one attached hydrogen (secondary N) is 2. The van der Waals surface area contributed by atoms with Crippen LogP contribution in [0.2, 0.25) is 0 Å². The van der Waals surface area contributed by atoms with Gasteiger partial charge < -0.3 is 10.6 Å². The number of aromatic nitrogens is 1. The van der Waals surface area contributed by atoms with Crippen LogP contribution in [-0.4, -0.2) is 22.6 Å². The summed E-state index contributed by atoms with van der Waals surface area (Å²) in [5, 5.41) is 6.77. The first-order chi connectivity index (χ1) is 12.1. The summed E-state index contributed by atoms with van der Waals surface area (Å²) >= 11 is 3.22. The van der Waals surface area contributed by atoms with Crippen molar-refractivity contribution in [2.75, 3.05) is 16.4 Å². The number of amides is 2. The summed E-state index contributed by atoms with van der Waals surface area (Å²) in [6, 6.07) is 11.1. The van der Waals surface area contributed by atoms with E-state index in [0.29, 0.717) is 17.7 Å². The highest BCUT2D eigenvalue weighted by molar-refractivity contribution is 7.99. The minimum atomic E-state index is -0.202. The number of anilines is 2. The SMILES string of the molecule is Cc1nc2ccc(NC(=O)c3ccc4c(c3)NC(=O)CCS4)cc2s1. The van der Waals surface area contributed by atoms with Crippen molar-refractivity contribution in [3.63, 3.8) is 0 Å². The zero-order chi connectivity index (χ0) is 17.4. The van der Waals surface area contributed by atoms with Gasteiger partial charge in [-0.25, -0.2) is 4.98 Å². The second-order valence-electron chi connectivity index (χ2n) is 5.73. The fourth-order valence-corrected chi connectivity index (χ4v) is 4.49. The van der Waals surface area contributed by atoms with Gasteiger partial charge in [0.05, 0.1) is 20.9 Å². The summed E-state index contributed by atoms with van der Waals surface area (Å²) in [6.07, 6.45) is 0.481. The molecule has 0 bridgehead atoms. The molecule has 1 aromatic heterocycles. The lowest BCUT2D eigenvalue weighted by Crippen LogP contribution is -2.14. The summed E-state index contributed by atoms with van der Waals surface area (Å²) < 4.78 is 1.04. The van der Waals surface area contributed by atoms with Gasteiger partial charge in [0.15, 0.2) is 0 Å². The van der Waals surface area contributed by atoms with E-state index in [1.165, 1.54) is 0 Å². The maximum absolute atomic E-state index is 12.6. The van der Waals surface area contributed by atoms with Crippen molar-refractivity contribution < 1.29 is 9.59 Å². The standard InChI is InChI=1S/C18H15N3O2S2/c1-10-19-13-4-3-12(9-16(13)25-10)20-18(23)11-2-5-15-14(8-11)21-17(22)6-7-24-15/h2-5,8-9H,6-7H2,1H3,(H,20,23)(H,21,22). The number of hydrogen-bond donors (Lipinski definition) is 2. The predicted molar refractivity (Wildman–Crippen MR) is 103 cm³/mol. The minimum absolute atomic E-state index is 0.0187. The molecule has 1 aliphatic rings. The largest absolute Gasteiger partial charge is 0.325 e. The third kappa shape index (κ3) is 3.38. The van der Waals surface area contributed by atoms with Gasteiger partial charge in [-0.1, -0.05) is 0 Å². The van der Waals surface area contributed by atoms with E-state index in [4.69, 9.17) is 0 Å². The Morgan fingerprint density at radius 2 is 2.12 bits per heavy atom. The molecule has 0 fully saturated rings. The van der Waals surface area contributed by atoms with Crippen LogP contribution in [0.25, 0.3) is 10.2 Å². The van der Waals surface area contributed by atoms with Crippen molar-refractivity contribution in [1.82, 2.24) is 4.98 Å². The molecular weight excluding hydrogens is 354 g/mol. The van der Waals surface area contributed by atoms with Crippen LogP contribution in [0.5, 0.6) is 0 Å². The molecule has 2 N–H and O–H groups in total. The van der Waals surface area contributed by atoms with Gasteiger partial charge in [-0.05, 0) is 43.3 Å². The lowest BCUT2D eigenvalue weighted by atomic mass is 10.1. The van der Waals surface area contributed by atoms with E-state index in [1.807, 2.05) is 31.2 Å². The maximum atomic E-state index is 12.6. The van der Waals surface area contributed by atoms with Crippen molar-refractivity contribution in [3.05, 3.63) is 47.0 Å².